The quantitative estimate of drug-likeness (QED) is 0.876. The van der Waals surface area contributed by atoms with Gasteiger partial charge in [0.1, 0.15) is 0 Å². The standard InChI is InChI=1S/C14H14ClNO/c15-13-6-4-10(5-7-13)11-2-1-3-12(8-11)14(16)9-17/h1-8,14,17H,9,16H2/t14-/m0/s1. The average Bonchev–Trinajstić information content (AvgIpc) is 2.39. The molecule has 2 aromatic carbocycles. The Balaban J connectivity index is 2.36. The van der Waals surface area contributed by atoms with Crippen LogP contribution in [0.2, 0.25) is 5.02 Å². The van der Waals surface area contributed by atoms with Gasteiger partial charge >= 0.3 is 0 Å². The van der Waals surface area contributed by atoms with E-state index in [1.807, 2.05) is 48.5 Å². The highest BCUT2D eigenvalue weighted by Gasteiger charge is 2.05. The Morgan fingerprint density at radius 1 is 1.06 bits per heavy atom. The zero-order valence-corrected chi connectivity index (χ0v) is 10.1. The van der Waals surface area contributed by atoms with Crippen LogP contribution in [0.3, 0.4) is 0 Å². The fraction of sp³-hybridized carbons (Fsp3) is 0.143. The number of aliphatic hydroxyl groups excluding tert-OH is 1. The lowest BCUT2D eigenvalue weighted by Crippen LogP contribution is -2.14. The first-order chi connectivity index (χ1) is 8.20. The predicted octanol–water partition coefficient (Wildman–Crippen LogP) is 3.00. The minimum atomic E-state index is -0.331. The van der Waals surface area contributed by atoms with Crippen LogP contribution in [0.1, 0.15) is 11.6 Å². The maximum absolute atomic E-state index is 9.04. The van der Waals surface area contributed by atoms with Crippen LogP contribution in [0.4, 0.5) is 0 Å². The third-order valence-corrected chi connectivity index (χ3v) is 2.94. The lowest BCUT2D eigenvalue weighted by Gasteiger charge is -2.10. The van der Waals surface area contributed by atoms with Crippen LogP contribution in [0.5, 0.6) is 0 Å². The summed E-state index contributed by atoms with van der Waals surface area (Å²) in [4.78, 5) is 0. The van der Waals surface area contributed by atoms with Gasteiger partial charge in [-0.1, -0.05) is 41.9 Å². The molecule has 2 rings (SSSR count). The zero-order valence-electron chi connectivity index (χ0n) is 9.31. The molecule has 0 aromatic heterocycles. The van der Waals surface area contributed by atoms with Crippen LogP contribution in [0.15, 0.2) is 48.5 Å². The summed E-state index contributed by atoms with van der Waals surface area (Å²) >= 11 is 5.85. The fourth-order valence-electron chi connectivity index (χ4n) is 1.70. The van der Waals surface area contributed by atoms with Gasteiger partial charge in [-0.3, -0.25) is 0 Å². The van der Waals surface area contributed by atoms with Gasteiger partial charge in [0.15, 0.2) is 0 Å². The molecule has 3 heteroatoms. The van der Waals surface area contributed by atoms with E-state index in [1.54, 1.807) is 0 Å². The second kappa shape index (κ2) is 5.32. The number of halogens is 1. The molecule has 88 valence electrons. The summed E-state index contributed by atoms with van der Waals surface area (Å²) in [6.45, 7) is -0.0515. The SMILES string of the molecule is N[C@@H](CO)c1cccc(-c2ccc(Cl)cc2)c1. The second-order valence-electron chi connectivity index (χ2n) is 3.92. The van der Waals surface area contributed by atoms with E-state index in [1.165, 1.54) is 0 Å². The van der Waals surface area contributed by atoms with Gasteiger partial charge in [-0.2, -0.15) is 0 Å². The number of aliphatic hydroxyl groups is 1. The molecule has 0 spiro atoms. The Hall–Kier alpha value is -1.35. The highest BCUT2D eigenvalue weighted by Crippen LogP contribution is 2.23. The summed E-state index contributed by atoms with van der Waals surface area (Å²) in [5.74, 6) is 0. The van der Waals surface area contributed by atoms with E-state index in [0.29, 0.717) is 0 Å². The number of nitrogens with two attached hydrogens (primary N) is 1. The van der Waals surface area contributed by atoms with Crippen molar-refractivity contribution in [2.75, 3.05) is 6.61 Å². The highest BCUT2D eigenvalue weighted by atomic mass is 35.5. The molecule has 0 aliphatic heterocycles. The highest BCUT2D eigenvalue weighted by molar-refractivity contribution is 6.30. The van der Waals surface area contributed by atoms with Gasteiger partial charge in [0, 0.05) is 5.02 Å². The predicted molar refractivity (Wildman–Crippen MR) is 70.9 cm³/mol. The molecule has 1 atom stereocenters. The molecule has 0 fully saturated rings. The normalized spacial score (nSPS) is 12.4. The Bertz CT molecular complexity index is 496. The van der Waals surface area contributed by atoms with E-state index in [0.717, 1.165) is 21.7 Å². The van der Waals surface area contributed by atoms with Crippen molar-refractivity contribution >= 4 is 11.6 Å². The van der Waals surface area contributed by atoms with Crippen LogP contribution in [-0.2, 0) is 0 Å². The van der Waals surface area contributed by atoms with Gasteiger partial charge in [0.25, 0.3) is 0 Å². The van der Waals surface area contributed by atoms with Crippen LogP contribution >= 0.6 is 11.6 Å². The van der Waals surface area contributed by atoms with E-state index in [2.05, 4.69) is 0 Å². The summed E-state index contributed by atoms with van der Waals surface area (Å²) in [6, 6.07) is 15.2. The van der Waals surface area contributed by atoms with Crippen molar-refractivity contribution in [2.45, 2.75) is 6.04 Å². The molecule has 17 heavy (non-hydrogen) atoms. The first-order valence-electron chi connectivity index (χ1n) is 5.43. The zero-order chi connectivity index (χ0) is 12.3. The van der Waals surface area contributed by atoms with Gasteiger partial charge in [-0.25, -0.2) is 0 Å². The second-order valence-corrected chi connectivity index (χ2v) is 4.36. The van der Waals surface area contributed by atoms with Crippen LogP contribution in [0.25, 0.3) is 11.1 Å². The van der Waals surface area contributed by atoms with E-state index in [4.69, 9.17) is 22.4 Å². The van der Waals surface area contributed by atoms with Crippen LogP contribution < -0.4 is 5.73 Å². The maximum atomic E-state index is 9.04. The van der Waals surface area contributed by atoms with Crippen molar-refractivity contribution in [3.63, 3.8) is 0 Å². The third kappa shape index (κ3) is 2.86. The largest absolute Gasteiger partial charge is 0.394 e. The molecule has 0 bridgehead atoms. The average molecular weight is 248 g/mol. The number of hydrogen-bond donors (Lipinski definition) is 2. The Morgan fingerprint density at radius 2 is 1.76 bits per heavy atom. The monoisotopic (exact) mass is 247 g/mol. The minimum absolute atomic E-state index is 0.0515. The Morgan fingerprint density at radius 3 is 2.41 bits per heavy atom. The molecule has 0 aliphatic rings. The van der Waals surface area contributed by atoms with Gasteiger partial charge in [-0.05, 0) is 34.9 Å². The lowest BCUT2D eigenvalue weighted by molar-refractivity contribution is 0.268. The molecule has 0 aliphatic carbocycles. The van der Waals surface area contributed by atoms with E-state index in [-0.39, 0.29) is 12.6 Å². The van der Waals surface area contributed by atoms with Gasteiger partial charge in [0.05, 0.1) is 12.6 Å². The van der Waals surface area contributed by atoms with Crippen molar-refractivity contribution in [1.29, 1.82) is 0 Å². The number of rotatable bonds is 3. The molecular formula is C14H14ClNO. The van der Waals surface area contributed by atoms with Gasteiger partial charge in [-0.15, -0.1) is 0 Å². The first kappa shape index (κ1) is 12.1. The summed E-state index contributed by atoms with van der Waals surface area (Å²) in [6.07, 6.45) is 0. The summed E-state index contributed by atoms with van der Waals surface area (Å²) in [5, 5.41) is 9.76. The smallest absolute Gasteiger partial charge is 0.0624 e. The molecule has 3 N–H and O–H groups in total. The molecule has 0 radical (unpaired) electrons. The third-order valence-electron chi connectivity index (χ3n) is 2.69. The van der Waals surface area contributed by atoms with Crippen molar-refractivity contribution in [1.82, 2.24) is 0 Å². The lowest BCUT2D eigenvalue weighted by atomic mass is 10.0. The molecular weight excluding hydrogens is 234 g/mol. The minimum Gasteiger partial charge on any atom is -0.394 e. The van der Waals surface area contributed by atoms with Gasteiger partial charge < -0.3 is 10.8 Å². The van der Waals surface area contributed by atoms with E-state index in [9.17, 15) is 0 Å². The molecule has 2 nitrogen and oxygen atoms in total. The van der Waals surface area contributed by atoms with Gasteiger partial charge in [0.2, 0.25) is 0 Å². The van der Waals surface area contributed by atoms with E-state index >= 15 is 0 Å². The maximum Gasteiger partial charge on any atom is 0.0624 e. The molecule has 0 unspecified atom stereocenters. The van der Waals surface area contributed by atoms with Crippen LogP contribution in [-0.4, -0.2) is 11.7 Å². The van der Waals surface area contributed by atoms with Crippen molar-refractivity contribution in [3.8, 4) is 11.1 Å². The van der Waals surface area contributed by atoms with Crippen molar-refractivity contribution < 1.29 is 5.11 Å². The fourth-order valence-corrected chi connectivity index (χ4v) is 1.82. The number of benzene rings is 2. The number of hydrogen-bond acceptors (Lipinski definition) is 2. The molecule has 0 amide bonds. The molecule has 0 saturated heterocycles. The first-order valence-corrected chi connectivity index (χ1v) is 5.81. The topological polar surface area (TPSA) is 46.2 Å². The summed E-state index contributed by atoms with van der Waals surface area (Å²) in [5.41, 5.74) is 8.88. The molecule has 0 saturated carbocycles. The van der Waals surface area contributed by atoms with E-state index < -0.39 is 0 Å². The van der Waals surface area contributed by atoms with Crippen LogP contribution in [0, 0.1) is 0 Å². The Kier molecular flexibility index (Phi) is 3.79. The van der Waals surface area contributed by atoms with Crippen molar-refractivity contribution in [2.24, 2.45) is 5.73 Å². The van der Waals surface area contributed by atoms with Crippen molar-refractivity contribution in [3.05, 3.63) is 59.1 Å². The summed E-state index contributed by atoms with van der Waals surface area (Å²) in [7, 11) is 0. The summed E-state index contributed by atoms with van der Waals surface area (Å²) < 4.78 is 0. The molecule has 2 aromatic rings. The Labute approximate surface area is 106 Å². The molecule has 0 heterocycles.